The minimum atomic E-state index is -3.96. The van der Waals surface area contributed by atoms with E-state index in [1.165, 1.54) is 6.07 Å². The molecule has 0 aromatic heterocycles. The summed E-state index contributed by atoms with van der Waals surface area (Å²) in [7, 11) is -3.96. The zero-order valence-corrected chi connectivity index (χ0v) is 13.5. The zero-order chi connectivity index (χ0) is 16.5. The van der Waals surface area contributed by atoms with Crippen molar-refractivity contribution in [3.8, 4) is 0 Å². The van der Waals surface area contributed by atoms with Crippen molar-refractivity contribution in [1.82, 2.24) is 4.72 Å². The van der Waals surface area contributed by atoms with Crippen LogP contribution in [0, 0.1) is 29.9 Å². The normalized spacial score (nSPS) is 22.0. The van der Waals surface area contributed by atoms with Crippen LogP contribution < -0.4 is 10.5 Å². The quantitative estimate of drug-likeness (QED) is 0.630. The highest BCUT2D eigenvalue weighted by Crippen LogP contribution is 2.31. The van der Waals surface area contributed by atoms with Gasteiger partial charge in [0.25, 0.3) is 5.69 Å². The first-order valence-electron chi connectivity index (χ1n) is 7.25. The Hall–Kier alpha value is -1.51. The highest BCUT2D eigenvalue weighted by atomic mass is 32.2. The summed E-state index contributed by atoms with van der Waals surface area (Å²) in [6.07, 6.45) is 2.49. The van der Waals surface area contributed by atoms with Gasteiger partial charge in [0.2, 0.25) is 10.0 Å². The molecular weight excluding hydrogens is 306 g/mol. The minimum absolute atomic E-state index is 0.0824. The second-order valence-electron chi connectivity index (χ2n) is 5.77. The van der Waals surface area contributed by atoms with Crippen LogP contribution in [0.3, 0.4) is 0 Å². The molecule has 1 aromatic rings. The number of aryl methyl sites for hydroxylation is 1. The van der Waals surface area contributed by atoms with Crippen molar-refractivity contribution < 1.29 is 13.3 Å². The Morgan fingerprint density at radius 1 is 1.36 bits per heavy atom. The van der Waals surface area contributed by atoms with Crippen LogP contribution in [0.4, 0.5) is 5.69 Å². The second-order valence-corrected chi connectivity index (χ2v) is 7.42. The largest absolute Gasteiger partial charge is 0.330 e. The first-order chi connectivity index (χ1) is 10.3. The van der Waals surface area contributed by atoms with Crippen molar-refractivity contribution in [2.75, 3.05) is 6.54 Å². The fourth-order valence-electron chi connectivity index (χ4n) is 2.99. The van der Waals surface area contributed by atoms with E-state index in [2.05, 4.69) is 4.72 Å². The van der Waals surface area contributed by atoms with Gasteiger partial charge in [-0.05, 0) is 50.3 Å². The lowest BCUT2D eigenvalue weighted by Crippen LogP contribution is -2.40. The van der Waals surface area contributed by atoms with Gasteiger partial charge < -0.3 is 5.73 Å². The van der Waals surface area contributed by atoms with Crippen LogP contribution in [0.25, 0.3) is 0 Å². The molecule has 0 bridgehead atoms. The average Bonchev–Trinajstić information content (AvgIpc) is 2.87. The van der Waals surface area contributed by atoms with Gasteiger partial charge in [-0.15, -0.1) is 0 Å². The van der Waals surface area contributed by atoms with Crippen molar-refractivity contribution >= 4 is 15.7 Å². The molecule has 0 aliphatic heterocycles. The standard InChI is InChI=1S/C14H21N3O4S/c1-9-6-7-13(17(18)19)14(10(9)2)22(20,21)16-12-5-3-4-11(12)8-15/h6-7,11-12,16H,3-5,8,15H2,1-2H3/t11-,12-/m0/s1. The SMILES string of the molecule is Cc1ccc([N+](=O)[O-])c(S(=O)(=O)N[C@H]2CCC[C@H]2CN)c1C. The molecule has 8 heteroatoms. The molecule has 0 amide bonds. The summed E-state index contributed by atoms with van der Waals surface area (Å²) in [6, 6.07) is 2.55. The second kappa shape index (κ2) is 6.31. The van der Waals surface area contributed by atoms with Crippen LogP contribution in [0.2, 0.25) is 0 Å². The third-order valence-electron chi connectivity index (χ3n) is 4.39. The maximum absolute atomic E-state index is 12.7. The number of nitro benzene ring substituents is 1. The van der Waals surface area contributed by atoms with Crippen LogP contribution in [-0.2, 0) is 10.0 Å². The average molecular weight is 327 g/mol. The molecule has 0 heterocycles. The zero-order valence-electron chi connectivity index (χ0n) is 12.7. The number of nitrogens with zero attached hydrogens (tertiary/aromatic N) is 1. The third kappa shape index (κ3) is 3.13. The first kappa shape index (κ1) is 16.9. The molecule has 122 valence electrons. The Morgan fingerprint density at radius 2 is 2.05 bits per heavy atom. The molecule has 0 unspecified atom stereocenters. The Morgan fingerprint density at radius 3 is 2.64 bits per heavy atom. The molecule has 2 rings (SSSR count). The summed E-state index contributed by atoms with van der Waals surface area (Å²) in [6.45, 7) is 3.73. The maximum Gasteiger partial charge on any atom is 0.289 e. The third-order valence-corrected chi connectivity index (χ3v) is 6.06. The van der Waals surface area contributed by atoms with E-state index in [0.29, 0.717) is 24.1 Å². The van der Waals surface area contributed by atoms with E-state index in [1.807, 2.05) is 0 Å². The van der Waals surface area contributed by atoms with E-state index in [9.17, 15) is 18.5 Å². The molecule has 2 atom stereocenters. The van der Waals surface area contributed by atoms with Crippen molar-refractivity contribution in [3.05, 3.63) is 33.4 Å². The summed E-state index contributed by atoms with van der Waals surface area (Å²) in [5, 5.41) is 11.2. The van der Waals surface area contributed by atoms with Crippen LogP contribution in [-0.4, -0.2) is 25.9 Å². The van der Waals surface area contributed by atoms with Crippen molar-refractivity contribution in [2.24, 2.45) is 11.7 Å². The number of nitrogens with one attached hydrogen (secondary N) is 1. The fourth-order valence-corrected chi connectivity index (χ4v) is 4.80. The monoisotopic (exact) mass is 327 g/mol. The number of nitrogens with two attached hydrogens (primary N) is 1. The van der Waals surface area contributed by atoms with Crippen LogP contribution in [0.15, 0.2) is 17.0 Å². The van der Waals surface area contributed by atoms with Gasteiger partial charge in [0.15, 0.2) is 4.90 Å². The molecule has 1 saturated carbocycles. The minimum Gasteiger partial charge on any atom is -0.330 e. The smallest absolute Gasteiger partial charge is 0.289 e. The van der Waals surface area contributed by atoms with Crippen molar-refractivity contribution in [3.63, 3.8) is 0 Å². The molecule has 22 heavy (non-hydrogen) atoms. The topological polar surface area (TPSA) is 115 Å². The summed E-state index contributed by atoms with van der Waals surface area (Å²) >= 11 is 0. The molecule has 0 saturated heterocycles. The summed E-state index contributed by atoms with van der Waals surface area (Å²) in [5.41, 5.74) is 6.39. The number of nitro groups is 1. The Balaban J connectivity index is 2.45. The predicted molar refractivity (Wildman–Crippen MR) is 83.1 cm³/mol. The molecule has 3 N–H and O–H groups in total. The van der Waals surface area contributed by atoms with Gasteiger partial charge in [0, 0.05) is 12.1 Å². The fraction of sp³-hybridized carbons (Fsp3) is 0.571. The van der Waals surface area contributed by atoms with Crippen molar-refractivity contribution in [1.29, 1.82) is 0 Å². The van der Waals surface area contributed by atoms with E-state index in [0.717, 1.165) is 12.8 Å². The summed E-state index contributed by atoms with van der Waals surface area (Å²) < 4.78 is 28.0. The first-order valence-corrected chi connectivity index (χ1v) is 8.73. The van der Waals surface area contributed by atoms with Gasteiger partial charge in [-0.1, -0.05) is 12.5 Å². The Kier molecular flexibility index (Phi) is 4.84. The van der Waals surface area contributed by atoms with Gasteiger partial charge in [0.1, 0.15) is 0 Å². The lowest BCUT2D eigenvalue weighted by Gasteiger charge is -2.20. The van der Waals surface area contributed by atoms with Gasteiger partial charge >= 0.3 is 0 Å². The van der Waals surface area contributed by atoms with Crippen LogP contribution >= 0.6 is 0 Å². The number of sulfonamides is 1. The highest BCUT2D eigenvalue weighted by Gasteiger charge is 2.34. The molecule has 1 aliphatic carbocycles. The van der Waals surface area contributed by atoms with E-state index >= 15 is 0 Å². The van der Waals surface area contributed by atoms with Crippen LogP contribution in [0.5, 0.6) is 0 Å². The maximum atomic E-state index is 12.7. The van der Waals surface area contributed by atoms with Gasteiger partial charge in [-0.3, -0.25) is 10.1 Å². The Labute approximate surface area is 130 Å². The number of hydrogen-bond acceptors (Lipinski definition) is 5. The summed E-state index contributed by atoms with van der Waals surface area (Å²) in [5.74, 6) is 0.0824. The molecule has 1 aromatic carbocycles. The summed E-state index contributed by atoms with van der Waals surface area (Å²) in [4.78, 5) is 10.3. The lowest BCUT2D eigenvalue weighted by atomic mass is 10.1. The molecule has 1 fully saturated rings. The van der Waals surface area contributed by atoms with Gasteiger partial charge in [-0.2, -0.15) is 0 Å². The molecule has 1 aliphatic rings. The molecule has 7 nitrogen and oxygen atoms in total. The molecular formula is C14H21N3O4S. The van der Waals surface area contributed by atoms with E-state index in [1.54, 1.807) is 19.9 Å². The van der Waals surface area contributed by atoms with Crippen molar-refractivity contribution in [2.45, 2.75) is 44.0 Å². The Bertz CT molecular complexity index is 688. The number of rotatable bonds is 5. The lowest BCUT2D eigenvalue weighted by molar-refractivity contribution is -0.387. The van der Waals surface area contributed by atoms with Crippen LogP contribution in [0.1, 0.15) is 30.4 Å². The van der Waals surface area contributed by atoms with Gasteiger partial charge in [-0.25, -0.2) is 13.1 Å². The molecule has 0 radical (unpaired) electrons. The highest BCUT2D eigenvalue weighted by molar-refractivity contribution is 7.89. The van der Waals surface area contributed by atoms with E-state index in [-0.39, 0.29) is 16.9 Å². The predicted octanol–water partition coefficient (Wildman–Crippen LogP) is 1.62. The molecule has 0 spiro atoms. The number of benzene rings is 1. The number of hydrogen-bond donors (Lipinski definition) is 2. The van der Waals surface area contributed by atoms with E-state index < -0.39 is 20.6 Å². The van der Waals surface area contributed by atoms with E-state index in [4.69, 9.17) is 5.73 Å². The van der Waals surface area contributed by atoms with Gasteiger partial charge in [0.05, 0.1) is 4.92 Å².